The Balaban J connectivity index is 1.12. The number of fused-ring (bicyclic) bond motifs is 2. The summed E-state index contributed by atoms with van der Waals surface area (Å²) < 4.78 is 13.3. The van der Waals surface area contributed by atoms with Crippen LogP contribution in [-0.2, 0) is 22.5 Å². The summed E-state index contributed by atoms with van der Waals surface area (Å²) in [5, 5.41) is 3.58. The normalized spacial score (nSPS) is 17.2. The molecule has 1 aliphatic heterocycles. The maximum absolute atomic E-state index is 13.8. The number of aromatic nitrogens is 2. The molecule has 0 saturated heterocycles. The molecule has 3 heterocycles. The molecule has 274 valence electrons. The highest BCUT2D eigenvalue weighted by Gasteiger charge is 2.28. The largest absolute Gasteiger partial charge is 0.490 e. The first-order chi connectivity index (χ1) is 25.5. The minimum atomic E-state index is -0.708. The maximum atomic E-state index is 13.8. The fraction of sp³-hybridized carbons (Fsp3) is 0.372. The Bertz CT molecular complexity index is 2110. The molecule has 0 atom stereocenters. The number of rotatable bonds is 10. The number of hydrogen-bond acceptors (Lipinski definition) is 9. The van der Waals surface area contributed by atoms with Crippen LogP contribution in [0.15, 0.2) is 72.8 Å². The Morgan fingerprint density at radius 3 is 2.51 bits per heavy atom. The van der Waals surface area contributed by atoms with Crippen LogP contribution in [0.4, 0.5) is 10.9 Å². The number of anilines is 2. The maximum Gasteiger partial charge on any atom is 0.358 e. The SMILES string of the molecule is Cc1cc(OC2CCC(CCC=O)CC2)ccc1-c1ccc(N2CCc3cccc(C(=O)Nc4nc5ccccc5s4)c3C2)nc1C(=O)OC(C)(C)C. The molecule has 9 nitrogen and oxygen atoms in total. The van der Waals surface area contributed by atoms with E-state index < -0.39 is 11.6 Å². The number of aryl methyl sites for hydroxylation is 1. The van der Waals surface area contributed by atoms with E-state index in [4.69, 9.17) is 14.5 Å². The number of carbonyl (C=O) groups is 3. The number of amides is 1. The van der Waals surface area contributed by atoms with Crippen molar-refractivity contribution >= 4 is 50.7 Å². The number of ether oxygens (including phenoxy) is 2. The lowest BCUT2D eigenvalue weighted by Gasteiger charge is -2.31. The molecule has 2 aromatic heterocycles. The van der Waals surface area contributed by atoms with Gasteiger partial charge in [0.15, 0.2) is 10.8 Å². The van der Waals surface area contributed by atoms with Gasteiger partial charge in [-0.3, -0.25) is 10.1 Å². The predicted molar refractivity (Wildman–Crippen MR) is 210 cm³/mol. The van der Waals surface area contributed by atoms with Crippen molar-refractivity contribution in [2.24, 2.45) is 5.92 Å². The van der Waals surface area contributed by atoms with Crippen molar-refractivity contribution in [2.45, 2.75) is 90.9 Å². The zero-order valence-corrected chi connectivity index (χ0v) is 31.6. The van der Waals surface area contributed by atoms with E-state index in [0.717, 1.165) is 83.0 Å². The number of esters is 1. The summed E-state index contributed by atoms with van der Waals surface area (Å²) in [5.74, 6) is 1.35. The number of para-hydroxylation sites is 1. The van der Waals surface area contributed by atoms with E-state index in [9.17, 15) is 14.4 Å². The molecule has 0 spiro atoms. The second-order valence-corrected chi connectivity index (χ2v) is 16.1. The average Bonchev–Trinajstić information content (AvgIpc) is 3.55. The van der Waals surface area contributed by atoms with Gasteiger partial charge in [0.25, 0.3) is 5.91 Å². The van der Waals surface area contributed by atoms with Crippen LogP contribution in [-0.4, -0.2) is 46.4 Å². The molecule has 7 rings (SSSR count). The summed E-state index contributed by atoms with van der Waals surface area (Å²) in [6.07, 6.45) is 7.61. The van der Waals surface area contributed by atoms with E-state index in [1.54, 1.807) is 0 Å². The van der Waals surface area contributed by atoms with Crippen molar-refractivity contribution < 1.29 is 23.9 Å². The zero-order valence-electron chi connectivity index (χ0n) is 30.8. The first kappa shape index (κ1) is 36.3. The van der Waals surface area contributed by atoms with E-state index in [2.05, 4.69) is 21.3 Å². The van der Waals surface area contributed by atoms with Gasteiger partial charge in [-0.25, -0.2) is 14.8 Å². The van der Waals surface area contributed by atoms with Crippen LogP contribution < -0.4 is 15.0 Å². The number of aldehydes is 1. The second kappa shape index (κ2) is 15.5. The Labute approximate surface area is 314 Å². The van der Waals surface area contributed by atoms with Gasteiger partial charge < -0.3 is 19.2 Å². The fourth-order valence-electron chi connectivity index (χ4n) is 7.45. The van der Waals surface area contributed by atoms with E-state index >= 15 is 0 Å². The van der Waals surface area contributed by atoms with Gasteiger partial charge >= 0.3 is 5.97 Å². The van der Waals surface area contributed by atoms with Crippen LogP contribution in [0.5, 0.6) is 5.75 Å². The van der Waals surface area contributed by atoms with Crippen molar-refractivity contribution in [2.75, 3.05) is 16.8 Å². The molecule has 1 fully saturated rings. The lowest BCUT2D eigenvalue weighted by molar-refractivity contribution is -0.108. The van der Waals surface area contributed by atoms with Gasteiger partial charge in [0.1, 0.15) is 23.5 Å². The third-order valence-corrected chi connectivity index (χ3v) is 11.1. The summed E-state index contributed by atoms with van der Waals surface area (Å²) in [6.45, 7) is 8.72. The quantitative estimate of drug-likeness (QED) is 0.112. The molecule has 1 saturated carbocycles. The molecular formula is C43H46N4O5S. The number of benzene rings is 3. The number of carbonyl (C=O) groups excluding carboxylic acids is 3. The minimum absolute atomic E-state index is 0.153. The number of pyridine rings is 1. The first-order valence-corrected chi connectivity index (χ1v) is 19.3. The van der Waals surface area contributed by atoms with E-state index in [1.165, 1.54) is 11.3 Å². The Morgan fingerprint density at radius 2 is 1.75 bits per heavy atom. The van der Waals surface area contributed by atoms with Gasteiger partial charge in [-0.05, 0) is 137 Å². The summed E-state index contributed by atoms with van der Waals surface area (Å²) in [7, 11) is 0. The van der Waals surface area contributed by atoms with Gasteiger partial charge in [0.05, 0.1) is 16.3 Å². The monoisotopic (exact) mass is 730 g/mol. The molecule has 0 unspecified atom stereocenters. The van der Waals surface area contributed by atoms with E-state index in [-0.39, 0.29) is 17.7 Å². The van der Waals surface area contributed by atoms with Gasteiger partial charge in [-0.2, -0.15) is 0 Å². The summed E-state index contributed by atoms with van der Waals surface area (Å²) >= 11 is 1.45. The molecule has 5 aromatic rings. The molecule has 53 heavy (non-hydrogen) atoms. The number of hydrogen-bond donors (Lipinski definition) is 1. The Morgan fingerprint density at radius 1 is 0.962 bits per heavy atom. The lowest BCUT2D eigenvalue weighted by Crippen LogP contribution is -2.33. The van der Waals surface area contributed by atoms with Crippen molar-refractivity contribution in [3.63, 3.8) is 0 Å². The van der Waals surface area contributed by atoms with Crippen LogP contribution in [0.3, 0.4) is 0 Å². The van der Waals surface area contributed by atoms with Crippen LogP contribution in [0, 0.1) is 12.8 Å². The molecule has 0 bridgehead atoms. The van der Waals surface area contributed by atoms with Gasteiger partial charge in [0.2, 0.25) is 0 Å². The zero-order chi connectivity index (χ0) is 37.1. The second-order valence-electron chi connectivity index (χ2n) is 15.1. The molecule has 3 aromatic carbocycles. The summed E-state index contributed by atoms with van der Waals surface area (Å²) in [4.78, 5) is 49.9. The topological polar surface area (TPSA) is 111 Å². The van der Waals surface area contributed by atoms with E-state index in [0.29, 0.717) is 47.5 Å². The van der Waals surface area contributed by atoms with Gasteiger partial charge in [-0.15, -0.1) is 0 Å². The Hall–Kier alpha value is -5.09. The van der Waals surface area contributed by atoms with Crippen molar-refractivity contribution in [3.8, 4) is 16.9 Å². The third kappa shape index (κ3) is 8.43. The highest BCUT2D eigenvalue weighted by Crippen LogP contribution is 2.36. The molecular weight excluding hydrogens is 685 g/mol. The van der Waals surface area contributed by atoms with Gasteiger partial charge in [0, 0.05) is 30.6 Å². The first-order valence-electron chi connectivity index (χ1n) is 18.5. The predicted octanol–water partition coefficient (Wildman–Crippen LogP) is 9.35. The third-order valence-electron chi connectivity index (χ3n) is 10.1. The highest BCUT2D eigenvalue weighted by atomic mass is 32.1. The molecule has 1 aliphatic carbocycles. The van der Waals surface area contributed by atoms with Crippen molar-refractivity contribution in [1.82, 2.24) is 9.97 Å². The van der Waals surface area contributed by atoms with Crippen LogP contribution in [0.25, 0.3) is 21.3 Å². The Kier molecular flexibility index (Phi) is 10.6. The fourth-order valence-corrected chi connectivity index (χ4v) is 8.31. The molecule has 10 heteroatoms. The standard InChI is InChI=1S/C43H46N4O5S/c1-27-25-31(51-30-16-14-28(15-17-30)9-8-24-48)18-19-32(27)33-20-21-38(45-39(33)41(50)52-43(2,3)4)47-23-22-29-10-7-11-34(35(29)26-47)40(49)46-42-44-36-12-5-6-13-37(36)53-42/h5-7,10-13,18-21,24-25,28,30H,8-9,14-17,22-23,26H2,1-4H3,(H,44,46,49). The number of nitrogens with one attached hydrogen (secondary N) is 1. The summed E-state index contributed by atoms with van der Waals surface area (Å²) in [6, 6.07) is 23.6. The average molecular weight is 731 g/mol. The van der Waals surface area contributed by atoms with Crippen molar-refractivity contribution in [3.05, 3.63) is 101 Å². The smallest absolute Gasteiger partial charge is 0.358 e. The summed E-state index contributed by atoms with van der Waals surface area (Å²) in [5.41, 5.74) is 5.58. The number of nitrogens with zero attached hydrogens (tertiary/aromatic N) is 3. The van der Waals surface area contributed by atoms with Crippen LogP contribution in [0.1, 0.15) is 96.8 Å². The molecule has 1 amide bonds. The minimum Gasteiger partial charge on any atom is -0.490 e. The highest BCUT2D eigenvalue weighted by molar-refractivity contribution is 7.22. The molecule has 0 radical (unpaired) electrons. The van der Waals surface area contributed by atoms with Crippen molar-refractivity contribution in [1.29, 1.82) is 0 Å². The molecule has 2 aliphatic rings. The van der Waals surface area contributed by atoms with Gasteiger partial charge in [-0.1, -0.05) is 41.7 Å². The van der Waals surface area contributed by atoms with Crippen LogP contribution in [0.2, 0.25) is 0 Å². The molecule has 1 N–H and O–H groups in total. The van der Waals surface area contributed by atoms with E-state index in [1.807, 2.05) is 94.4 Å². The number of thiazole rings is 1. The van der Waals surface area contributed by atoms with Crippen LogP contribution >= 0.6 is 11.3 Å². The lowest BCUT2D eigenvalue weighted by atomic mass is 9.84.